The van der Waals surface area contributed by atoms with E-state index in [1.165, 1.54) is 0 Å². The molecule has 1 unspecified atom stereocenters. The predicted molar refractivity (Wildman–Crippen MR) is 46.0 cm³/mol. The lowest BCUT2D eigenvalue weighted by atomic mass is 10.1. The fourth-order valence-corrected chi connectivity index (χ4v) is 1.89. The molecule has 4 nitrogen and oxygen atoms in total. The van der Waals surface area contributed by atoms with Gasteiger partial charge in [0.15, 0.2) is 0 Å². The quantitative estimate of drug-likeness (QED) is 0.586. The minimum Gasteiger partial charge on any atom is -0.401 e. The van der Waals surface area contributed by atoms with Crippen LogP contribution in [0, 0.1) is 0 Å². The predicted octanol–water partition coefficient (Wildman–Crippen LogP) is 0.435. The summed E-state index contributed by atoms with van der Waals surface area (Å²) < 4.78 is 30.1. The van der Waals surface area contributed by atoms with Crippen molar-refractivity contribution in [3.05, 3.63) is 23.4 Å². The molecule has 0 spiro atoms. The minimum absolute atomic E-state index is 0.206. The van der Waals surface area contributed by atoms with Gasteiger partial charge in [-0.1, -0.05) is 11.6 Å². The molecule has 12 heavy (non-hydrogen) atoms. The van der Waals surface area contributed by atoms with Crippen LogP contribution in [0.4, 0.5) is 0 Å². The Labute approximate surface area is 71.5 Å². The first-order valence-corrected chi connectivity index (χ1v) is 5.01. The zero-order valence-electron chi connectivity index (χ0n) is 6.69. The number of hydrogen-bond donors (Lipinski definition) is 2. The maximum Gasteiger partial charge on any atom is 0.273 e. The third-order valence-electron chi connectivity index (χ3n) is 1.78. The van der Waals surface area contributed by atoms with Crippen LogP contribution in [-0.4, -0.2) is 18.2 Å². The summed E-state index contributed by atoms with van der Waals surface area (Å²) in [5, 5.41) is -0.957. The normalized spacial score (nSPS) is 24.7. The molecule has 0 saturated carbocycles. The van der Waals surface area contributed by atoms with Gasteiger partial charge in [-0.15, -0.1) is 0 Å². The number of allylic oxidation sites excluding steroid dienone is 3. The van der Waals surface area contributed by atoms with E-state index < -0.39 is 15.4 Å². The van der Waals surface area contributed by atoms with Crippen molar-refractivity contribution in [3.63, 3.8) is 0 Å². The van der Waals surface area contributed by atoms with Crippen molar-refractivity contribution >= 4 is 10.1 Å². The van der Waals surface area contributed by atoms with Crippen LogP contribution in [0.3, 0.4) is 0 Å². The lowest BCUT2D eigenvalue weighted by Crippen LogP contribution is -2.28. The summed E-state index contributed by atoms with van der Waals surface area (Å²) in [6.45, 7) is 1.83. The van der Waals surface area contributed by atoms with E-state index in [0.717, 1.165) is 5.57 Å². The molecule has 0 heterocycles. The van der Waals surface area contributed by atoms with Gasteiger partial charge in [-0.25, -0.2) is 0 Å². The summed E-state index contributed by atoms with van der Waals surface area (Å²) >= 11 is 0. The third kappa shape index (κ3) is 1.86. The zero-order valence-corrected chi connectivity index (χ0v) is 7.50. The molecule has 0 aliphatic heterocycles. The van der Waals surface area contributed by atoms with E-state index in [0.29, 0.717) is 0 Å². The molecule has 1 aliphatic rings. The number of rotatable bonds is 1. The first-order chi connectivity index (χ1) is 5.41. The molecule has 1 atom stereocenters. The molecule has 68 valence electrons. The van der Waals surface area contributed by atoms with Crippen LogP contribution in [0.25, 0.3) is 0 Å². The summed E-state index contributed by atoms with van der Waals surface area (Å²) in [6.07, 6.45) is 3.55. The van der Waals surface area contributed by atoms with Gasteiger partial charge in [0, 0.05) is 5.70 Å². The van der Waals surface area contributed by atoms with E-state index in [2.05, 4.69) is 0 Å². The second kappa shape index (κ2) is 2.91. The van der Waals surface area contributed by atoms with Crippen molar-refractivity contribution in [2.45, 2.75) is 18.6 Å². The Morgan fingerprint density at radius 2 is 2.25 bits per heavy atom. The average Bonchev–Trinajstić information content (AvgIpc) is 1.83. The molecule has 0 aromatic heterocycles. The van der Waals surface area contributed by atoms with Gasteiger partial charge in [0.2, 0.25) is 0 Å². The van der Waals surface area contributed by atoms with Gasteiger partial charge in [-0.3, -0.25) is 4.55 Å². The topological polar surface area (TPSA) is 80.4 Å². The van der Waals surface area contributed by atoms with E-state index in [9.17, 15) is 8.42 Å². The van der Waals surface area contributed by atoms with Gasteiger partial charge in [-0.2, -0.15) is 8.42 Å². The third-order valence-corrected chi connectivity index (χ3v) is 2.96. The van der Waals surface area contributed by atoms with Gasteiger partial charge in [0.05, 0.1) is 0 Å². The number of nitrogens with two attached hydrogens (primary N) is 1. The van der Waals surface area contributed by atoms with Gasteiger partial charge < -0.3 is 5.73 Å². The largest absolute Gasteiger partial charge is 0.401 e. The smallest absolute Gasteiger partial charge is 0.273 e. The molecule has 5 heteroatoms. The van der Waals surface area contributed by atoms with Gasteiger partial charge >= 0.3 is 0 Å². The van der Waals surface area contributed by atoms with Crippen LogP contribution < -0.4 is 5.73 Å². The second-order valence-corrected chi connectivity index (χ2v) is 4.43. The standard InChI is InChI=1S/C7H11NO3S/c1-5-2-3-7(6(8)4-5)12(9,10)11/h2,4,7H,3,8H2,1H3,(H,9,10,11). The Balaban J connectivity index is 2.97. The lowest BCUT2D eigenvalue weighted by Gasteiger charge is -2.16. The highest BCUT2D eigenvalue weighted by Crippen LogP contribution is 2.19. The van der Waals surface area contributed by atoms with Gasteiger partial charge in [0.25, 0.3) is 10.1 Å². The molecule has 0 aromatic carbocycles. The van der Waals surface area contributed by atoms with E-state index in [1.807, 2.05) is 6.92 Å². The molecule has 0 fully saturated rings. The molecule has 0 radical (unpaired) electrons. The molecule has 0 bridgehead atoms. The van der Waals surface area contributed by atoms with Crippen molar-refractivity contribution in [2.24, 2.45) is 5.73 Å². The molecule has 1 aliphatic carbocycles. The molecular weight excluding hydrogens is 178 g/mol. The van der Waals surface area contributed by atoms with E-state index in [-0.39, 0.29) is 12.1 Å². The van der Waals surface area contributed by atoms with Gasteiger partial charge in [0.1, 0.15) is 5.25 Å². The maximum absolute atomic E-state index is 10.7. The summed E-state index contributed by atoms with van der Waals surface area (Å²) in [6, 6.07) is 0. The fourth-order valence-electron chi connectivity index (χ4n) is 1.14. The fraction of sp³-hybridized carbons (Fsp3) is 0.429. The van der Waals surface area contributed by atoms with Crippen molar-refractivity contribution in [1.82, 2.24) is 0 Å². The zero-order chi connectivity index (χ0) is 9.35. The molecule has 0 saturated heterocycles. The van der Waals surface area contributed by atoms with Gasteiger partial charge in [-0.05, 0) is 19.4 Å². The second-order valence-electron chi connectivity index (χ2n) is 2.83. The molecule has 0 aromatic rings. The summed E-state index contributed by atoms with van der Waals surface area (Å²) in [5.74, 6) is 0. The van der Waals surface area contributed by atoms with E-state index in [1.54, 1.807) is 12.2 Å². The Morgan fingerprint density at radius 1 is 1.67 bits per heavy atom. The average molecular weight is 189 g/mol. The molecular formula is C7H11NO3S. The summed E-state index contributed by atoms with van der Waals surface area (Å²) in [4.78, 5) is 0. The highest BCUT2D eigenvalue weighted by molar-refractivity contribution is 7.86. The van der Waals surface area contributed by atoms with Crippen LogP contribution in [0.5, 0.6) is 0 Å². The van der Waals surface area contributed by atoms with Crippen LogP contribution in [0.2, 0.25) is 0 Å². The van der Waals surface area contributed by atoms with E-state index in [4.69, 9.17) is 10.3 Å². The van der Waals surface area contributed by atoms with Crippen molar-refractivity contribution < 1.29 is 13.0 Å². The van der Waals surface area contributed by atoms with Crippen LogP contribution in [0.15, 0.2) is 23.4 Å². The Kier molecular flexibility index (Phi) is 2.25. The SMILES string of the molecule is CC1=CCC(S(=O)(=O)O)C(N)=C1. The Morgan fingerprint density at radius 3 is 2.67 bits per heavy atom. The van der Waals surface area contributed by atoms with Crippen molar-refractivity contribution in [2.75, 3.05) is 0 Å². The molecule has 3 N–H and O–H groups in total. The first-order valence-electron chi connectivity index (χ1n) is 3.51. The molecule has 1 rings (SSSR count). The van der Waals surface area contributed by atoms with Crippen LogP contribution in [-0.2, 0) is 10.1 Å². The highest BCUT2D eigenvalue weighted by Gasteiger charge is 2.26. The summed E-state index contributed by atoms with van der Waals surface area (Å²) in [7, 11) is -4.04. The minimum atomic E-state index is -4.04. The van der Waals surface area contributed by atoms with Crippen molar-refractivity contribution in [1.29, 1.82) is 0 Å². The van der Waals surface area contributed by atoms with Crippen LogP contribution >= 0.6 is 0 Å². The Bertz CT molecular complexity index is 340. The Hall–Kier alpha value is -0.810. The molecule has 0 amide bonds. The maximum atomic E-state index is 10.7. The first kappa shape index (κ1) is 9.28. The van der Waals surface area contributed by atoms with Crippen molar-refractivity contribution in [3.8, 4) is 0 Å². The van der Waals surface area contributed by atoms with E-state index >= 15 is 0 Å². The van der Waals surface area contributed by atoms with Crippen LogP contribution in [0.1, 0.15) is 13.3 Å². The highest BCUT2D eigenvalue weighted by atomic mass is 32.2. The number of hydrogen-bond acceptors (Lipinski definition) is 3. The lowest BCUT2D eigenvalue weighted by molar-refractivity contribution is 0.472. The monoisotopic (exact) mass is 189 g/mol. The summed E-state index contributed by atoms with van der Waals surface area (Å²) in [5.41, 5.74) is 6.57.